The zero-order valence-electron chi connectivity index (χ0n) is 13.9. The van der Waals surface area contributed by atoms with E-state index < -0.39 is 6.04 Å². The number of benzene rings is 1. The maximum absolute atomic E-state index is 12.9. The standard InChI is InChI=1S/C18H21BrN2O3/c1-3-11(2)20(17(23)12-4-5-12)15-10-16(22)21(18(15)24)14-8-6-13(19)7-9-14/h6-9,11-12,15H,3-5,10H2,1-2H3. The van der Waals surface area contributed by atoms with Crippen LogP contribution in [-0.4, -0.2) is 34.7 Å². The number of hydrogen-bond donors (Lipinski definition) is 0. The van der Waals surface area contributed by atoms with Gasteiger partial charge in [-0.25, -0.2) is 4.90 Å². The molecule has 0 bridgehead atoms. The van der Waals surface area contributed by atoms with E-state index in [4.69, 9.17) is 0 Å². The van der Waals surface area contributed by atoms with E-state index in [9.17, 15) is 14.4 Å². The molecule has 2 fully saturated rings. The molecule has 5 nitrogen and oxygen atoms in total. The molecule has 0 spiro atoms. The highest BCUT2D eigenvalue weighted by Gasteiger charge is 2.47. The summed E-state index contributed by atoms with van der Waals surface area (Å²) in [5, 5.41) is 0. The Morgan fingerprint density at radius 2 is 1.92 bits per heavy atom. The van der Waals surface area contributed by atoms with Crippen molar-refractivity contribution < 1.29 is 14.4 Å². The van der Waals surface area contributed by atoms with Crippen molar-refractivity contribution in [3.05, 3.63) is 28.7 Å². The summed E-state index contributed by atoms with van der Waals surface area (Å²) >= 11 is 3.35. The van der Waals surface area contributed by atoms with E-state index in [1.165, 1.54) is 4.90 Å². The van der Waals surface area contributed by atoms with Crippen molar-refractivity contribution in [3.63, 3.8) is 0 Å². The van der Waals surface area contributed by atoms with Crippen LogP contribution in [0.4, 0.5) is 5.69 Å². The van der Waals surface area contributed by atoms with Crippen molar-refractivity contribution in [1.82, 2.24) is 4.90 Å². The van der Waals surface area contributed by atoms with E-state index >= 15 is 0 Å². The molecular weight excluding hydrogens is 372 g/mol. The number of carbonyl (C=O) groups is 3. The van der Waals surface area contributed by atoms with Gasteiger partial charge in [0.1, 0.15) is 6.04 Å². The Balaban J connectivity index is 1.88. The van der Waals surface area contributed by atoms with Gasteiger partial charge in [-0.1, -0.05) is 22.9 Å². The molecule has 3 rings (SSSR count). The highest BCUT2D eigenvalue weighted by atomic mass is 79.9. The van der Waals surface area contributed by atoms with Crippen molar-refractivity contribution in [2.45, 2.75) is 51.6 Å². The quantitative estimate of drug-likeness (QED) is 0.723. The summed E-state index contributed by atoms with van der Waals surface area (Å²) in [6.07, 6.45) is 2.60. The van der Waals surface area contributed by atoms with E-state index in [-0.39, 0.29) is 36.1 Å². The maximum atomic E-state index is 12.9. The van der Waals surface area contributed by atoms with Gasteiger partial charge in [-0.2, -0.15) is 0 Å². The van der Waals surface area contributed by atoms with Gasteiger partial charge in [0.05, 0.1) is 12.1 Å². The SMILES string of the molecule is CCC(C)N(C(=O)C1CC1)C1CC(=O)N(c2ccc(Br)cc2)C1=O. The van der Waals surface area contributed by atoms with Crippen molar-refractivity contribution in [2.75, 3.05) is 4.90 Å². The molecule has 1 saturated carbocycles. The fourth-order valence-electron chi connectivity index (χ4n) is 3.11. The smallest absolute Gasteiger partial charge is 0.257 e. The van der Waals surface area contributed by atoms with Gasteiger partial charge in [0.2, 0.25) is 11.8 Å². The number of rotatable bonds is 5. The van der Waals surface area contributed by atoms with Crippen LogP contribution in [-0.2, 0) is 14.4 Å². The Kier molecular flexibility index (Phi) is 4.76. The molecule has 1 aliphatic heterocycles. The summed E-state index contributed by atoms with van der Waals surface area (Å²) in [5.41, 5.74) is 0.554. The summed E-state index contributed by atoms with van der Waals surface area (Å²) in [4.78, 5) is 40.9. The minimum absolute atomic E-state index is 0.0214. The predicted molar refractivity (Wildman–Crippen MR) is 94.4 cm³/mol. The second-order valence-corrected chi connectivity index (χ2v) is 7.46. The van der Waals surface area contributed by atoms with E-state index in [1.54, 1.807) is 29.2 Å². The Bertz CT molecular complexity index is 669. The molecule has 6 heteroatoms. The molecule has 1 saturated heterocycles. The first-order chi connectivity index (χ1) is 11.4. The van der Waals surface area contributed by atoms with Gasteiger partial charge in [-0.3, -0.25) is 14.4 Å². The fourth-order valence-corrected chi connectivity index (χ4v) is 3.37. The van der Waals surface area contributed by atoms with Crippen LogP contribution in [0.15, 0.2) is 28.7 Å². The summed E-state index contributed by atoms with van der Waals surface area (Å²) in [6, 6.07) is 6.33. The predicted octanol–water partition coefficient (Wildman–Crippen LogP) is 3.12. The normalized spacial score (nSPS) is 22.0. The van der Waals surface area contributed by atoms with Crippen molar-refractivity contribution in [3.8, 4) is 0 Å². The number of anilines is 1. The van der Waals surface area contributed by atoms with Crippen molar-refractivity contribution >= 4 is 39.3 Å². The van der Waals surface area contributed by atoms with Gasteiger partial charge in [0.15, 0.2) is 0 Å². The Labute approximate surface area is 150 Å². The van der Waals surface area contributed by atoms with Gasteiger partial charge in [-0.05, 0) is 50.5 Å². The molecule has 1 aromatic rings. The lowest BCUT2D eigenvalue weighted by Crippen LogP contribution is -2.50. The van der Waals surface area contributed by atoms with Crippen LogP contribution in [0.2, 0.25) is 0 Å². The third-order valence-corrected chi connectivity index (χ3v) is 5.32. The molecule has 1 aliphatic carbocycles. The van der Waals surface area contributed by atoms with E-state index in [1.807, 2.05) is 13.8 Å². The lowest BCUT2D eigenvalue weighted by molar-refractivity contribution is -0.141. The third-order valence-electron chi connectivity index (χ3n) is 4.79. The van der Waals surface area contributed by atoms with Crippen LogP contribution < -0.4 is 4.90 Å². The van der Waals surface area contributed by atoms with Crippen molar-refractivity contribution in [2.24, 2.45) is 5.92 Å². The Morgan fingerprint density at radius 3 is 2.46 bits per heavy atom. The largest absolute Gasteiger partial charge is 0.327 e. The molecule has 0 radical (unpaired) electrons. The molecule has 2 unspecified atom stereocenters. The Hall–Kier alpha value is -1.69. The monoisotopic (exact) mass is 392 g/mol. The van der Waals surface area contributed by atoms with Crippen LogP contribution in [0, 0.1) is 5.92 Å². The summed E-state index contributed by atoms with van der Waals surface area (Å²) in [7, 11) is 0. The van der Waals surface area contributed by atoms with Crippen LogP contribution in [0.25, 0.3) is 0 Å². The van der Waals surface area contributed by atoms with Gasteiger partial charge in [0, 0.05) is 16.4 Å². The number of nitrogens with zero attached hydrogens (tertiary/aromatic N) is 2. The molecule has 24 heavy (non-hydrogen) atoms. The van der Waals surface area contributed by atoms with Gasteiger partial charge in [-0.15, -0.1) is 0 Å². The number of carbonyl (C=O) groups excluding carboxylic acids is 3. The van der Waals surface area contributed by atoms with E-state index in [0.29, 0.717) is 5.69 Å². The minimum atomic E-state index is -0.677. The molecule has 3 amide bonds. The summed E-state index contributed by atoms with van der Waals surface area (Å²) < 4.78 is 0.882. The average molecular weight is 393 g/mol. The number of imide groups is 1. The lowest BCUT2D eigenvalue weighted by atomic mass is 10.1. The molecular formula is C18H21BrN2O3. The van der Waals surface area contributed by atoms with Crippen LogP contribution >= 0.6 is 15.9 Å². The highest BCUT2D eigenvalue weighted by Crippen LogP contribution is 2.35. The Morgan fingerprint density at radius 1 is 1.29 bits per heavy atom. The molecule has 2 aliphatic rings. The fraction of sp³-hybridized carbons (Fsp3) is 0.500. The molecule has 128 valence electrons. The lowest BCUT2D eigenvalue weighted by Gasteiger charge is -2.33. The first-order valence-corrected chi connectivity index (χ1v) is 9.17. The van der Waals surface area contributed by atoms with Crippen LogP contribution in [0.5, 0.6) is 0 Å². The first-order valence-electron chi connectivity index (χ1n) is 8.38. The number of hydrogen-bond acceptors (Lipinski definition) is 3. The number of halogens is 1. The minimum Gasteiger partial charge on any atom is -0.327 e. The molecule has 1 aromatic carbocycles. The second-order valence-electron chi connectivity index (χ2n) is 6.54. The first kappa shape index (κ1) is 17.1. The maximum Gasteiger partial charge on any atom is 0.257 e. The second kappa shape index (κ2) is 6.67. The third kappa shape index (κ3) is 3.11. The van der Waals surface area contributed by atoms with Gasteiger partial charge >= 0.3 is 0 Å². The zero-order valence-corrected chi connectivity index (χ0v) is 15.5. The molecule has 2 atom stereocenters. The van der Waals surface area contributed by atoms with Crippen molar-refractivity contribution in [1.29, 1.82) is 0 Å². The number of amides is 3. The zero-order chi connectivity index (χ0) is 17.4. The van der Waals surface area contributed by atoms with E-state index in [0.717, 1.165) is 23.7 Å². The highest BCUT2D eigenvalue weighted by molar-refractivity contribution is 9.10. The van der Waals surface area contributed by atoms with E-state index in [2.05, 4.69) is 15.9 Å². The average Bonchev–Trinajstić information content (AvgIpc) is 3.36. The van der Waals surface area contributed by atoms with Gasteiger partial charge in [0.25, 0.3) is 5.91 Å². The van der Waals surface area contributed by atoms with Gasteiger partial charge < -0.3 is 4.90 Å². The summed E-state index contributed by atoms with van der Waals surface area (Å²) in [5.74, 6) is -0.488. The topological polar surface area (TPSA) is 57.7 Å². The molecule has 1 heterocycles. The molecule has 0 N–H and O–H groups in total. The molecule has 0 aromatic heterocycles. The van der Waals surface area contributed by atoms with Crippen LogP contribution in [0.3, 0.4) is 0 Å². The van der Waals surface area contributed by atoms with Crippen LogP contribution in [0.1, 0.15) is 39.5 Å². The summed E-state index contributed by atoms with van der Waals surface area (Å²) in [6.45, 7) is 3.94.